The highest BCUT2D eigenvalue weighted by Gasteiger charge is 2.13. The SMILES string of the molecule is COc1cccc(/C=c2\sc3nc(-c4cccc(C)c4)nn3c2=O)c1OC. The van der Waals surface area contributed by atoms with E-state index in [1.165, 1.54) is 15.9 Å². The van der Waals surface area contributed by atoms with Crippen LogP contribution in [0.15, 0.2) is 47.3 Å². The lowest BCUT2D eigenvalue weighted by molar-refractivity contribution is 0.354. The average molecular weight is 379 g/mol. The van der Waals surface area contributed by atoms with Crippen molar-refractivity contribution in [3.05, 3.63) is 68.5 Å². The van der Waals surface area contributed by atoms with E-state index in [2.05, 4.69) is 10.1 Å². The van der Waals surface area contributed by atoms with Crippen LogP contribution in [-0.2, 0) is 0 Å². The van der Waals surface area contributed by atoms with Crippen molar-refractivity contribution in [3.63, 3.8) is 0 Å². The van der Waals surface area contributed by atoms with Crippen LogP contribution in [0.3, 0.4) is 0 Å². The fourth-order valence-electron chi connectivity index (χ4n) is 2.91. The molecule has 4 aromatic rings. The summed E-state index contributed by atoms with van der Waals surface area (Å²) in [6, 6.07) is 13.4. The number of benzene rings is 2. The Morgan fingerprint density at radius 1 is 1.11 bits per heavy atom. The third-order valence-corrected chi connectivity index (χ3v) is 5.14. The summed E-state index contributed by atoms with van der Waals surface area (Å²) in [5.41, 5.74) is 2.57. The first-order valence-electron chi connectivity index (χ1n) is 8.30. The summed E-state index contributed by atoms with van der Waals surface area (Å²) >= 11 is 1.30. The second-order valence-electron chi connectivity index (χ2n) is 6.00. The van der Waals surface area contributed by atoms with Gasteiger partial charge in [-0.15, -0.1) is 5.10 Å². The van der Waals surface area contributed by atoms with Gasteiger partial charge in [0.25, 0.3) is 5.56 Å². The Labute approximate surface area is 159 Å². The molecule has 6 nitrogen and oxygen atoms in total. The lowest BCUT2D eigenvalue weighted by Gasteiger charge is -2.09. The fraction of sp³-hybridized carbons (Fsp3) is 0.150. The van der Waals surface area contributed by atoms with Gasteiger partial charge < -0.3 is 9.47 Å². The molecule has 0 unspecified atom stereocenters. The van der Waals surface area contributed by atoms with Crippen LogP contribution in [0.25, 0.3) is 22.4 Å². The van der Waals surface area contributed by atoms with E-state index in [1.54, 1.807) is 20.3 Å². The summed E-state index contributed by atoms with van der Waals surface area (Å²) in [5.74, 6) is 1.74. The maximum atomic E-state index is 12.8. The third-order valence-electron chi connectivity index (χ3n) is 4.18. The van der Waals surface area contributed by atoms with Crippen LogP contribution in [0, 0.1) is 6.92 Å². The molecule has 2 aromatic carbocycles. The number of rotatable bonds is 4. The van der Waals surface area contributed by atoms with E-state index < -0.39 is 0 Å². The molecule has 2 heterocycles. The molecule has 0 fully saturated rings. The molecule has 0 aliphatic rings. The molecule has 27 heavy (non-hydrogen) atoms. The Hall–Kier alpha value is -3.19. The van der Waals surface area contributed by atoms with Crippen LogP contribution in [0.4, 0.5) is 0 Å². The van der Waals surface area contributed by atoms with Gasteiger partial charge in [0.2, 0.25) is 4.96 Å². The molecular formula is C20H17N3O3S. The Balaban J connectivity index is 1.83. The van der Waals surface area contributed by atoms with Crippen molar-refractivity contribution in [2.45, 2.75) is 6.92 Å². The smallest absolute Gasteiger partial charge is 0.291 e. The molecular weight excluding hydrogens is 362 g/mol. The molecule has 0 radical (unpaired) electrons. The molecule has 0 saturated heterocycles. The molecule has 0 aliphatic carbocycles. The summed E-state index contributed by atoms with van der Waals surface area (Å²) in [6.07, 6.45) is 1.77. The summed E-state index contributed by atoms with van der Waals surface area (Å²) in [7, 11) is 3.15. The molecule has 4 rings (SSSR count). The molecule has 0 aliphatic heterocycles. The van der Waals surface area contributed by atoms with Gasteiger partial charge in [0, 0.05) is 11.1 Å². The summed E-state index contributed by atoms with van der Waals surface area (Å²) in [6.45, 7) is 2.01. The molecule has 0 bridgehead atoms. The lowest BCUT2D eigenvalue weighted by Crippen LogP contribution is -2.23. The monoisotopic (exact) mass is 379 g/mol. The van der Waals surface area contributed by atoms with Gasteiger partial charge in [0.1, 0.15) is 0 Å². The molecule has 136 valence electrons. The number of fused-ring (bicyclic) bond motifs is 1. The van der Waals surface area contributed by atoms with Crippen LogP contribution in [0.2, 0.25) is 0 Å². The van der Waals surface area contributed by atoms with Crippen molar-refractivity contribution in [2.24, 2.45) is 0 Å². The highest BCUT2D eigenvalue weighted by atomic mass is 32.1. The van der Waals surface area contributed by atoms with Crippen LogP contribution in [0.1, 0.15) is 11.1 Å². The molecule has 7 heteroatoms. The topological polar surface area (TPSA) is 65.7 Å². The van der Waals surface area contributed by atoms with E-state index in [-0.39, 0.29) is 5.56 Å². The predicted octanol–water partition coefficient (Wildman–Crippen LogP) is 2.69. The first-order valence-corrected chi connectivity index (χ1v) is 9.11. The first kappa shape index (κ1) is 17.2. The minimum atomic E-state index is -0.203. The number of hydrogen-bond acceptors (Lipinski definition) is 6. The molecule has 2 aromatic heterocycles. The first-order chi connectivity index (χ1) is 13.1. The second kappa shape index (κ2) is 6.85. The number of hydrogen-bond donors (Lipinski definition) is 0. The largest absolute Gasteiger partial charge is 0.493 e. The van der Waals surface area contributed by atoms with Crippen LogP contribution in [-0.4, -0.2) is 28.8 Å². The van der Waals surface area contributed by atoms with Gasteiger partial charge in [-0.05, 0) is 25.1 Å². The van der Waals surface area contributed by atoms with E-state index in [0.29, 0.717) is 26.8 Å². The highest BCUT2D eigenvalue weighted by Crippen LogP contribution is 2.31. The van der Waals surface area contributed by atoms with Gasteiger partial charge in [-0.3, -0.25) is 4.79 Å². The number of ether oxygens (including phenoxy) is 2. The van der Waals surface area contributed by atoms with Crippen LogP contribution in [0.5, 0.6) is 11.5 Å². The number of para-hydroxylation sites is 1. The van der Waals surface area contributed by atoms with Gasteiger partial charge in [0.05, 0.1) is 18.8 Å². The zero-order valence-electron chi connectivity index (χ0n) is 15.1. The Morgan fingerprint density at radius 3 is 2.63 bits per heavy atom. The van der Waals surface area contributed by atoms with E-state index in [1.807, 2.05) is 49.4 Å². The summed E-state index contributed by atoms with van der Waals surface area (Å²) in [4.78, 5) is 17.8. The van der Waals surface area contributed by atoms with Crippen molar-refractivity contribution < 1.29 is 9.47 Å². The normalized spacial score (nSPS) is 11.9. The standard InChI is InChI=1S/C20H17N3O3S/c1-12-6-4-8-14(10-12)18-21-20-23(22-18)19(24)16(27-20)11-13-7-5-9-15(25-2)17(13)26-3/h4-11H,1-3H3/b16-11-. The van der Waals surface area contributed by atoms with Crippen molar-refractivity contribution in [2.75, 3.05) is 14.2 Å². The molecule has 0 N–H and O–H groups in total. The van der Waals surface area contributed by atoms with Crippen molar-refractivity contribution >= 4 is 22.4 Å². The maximum absolute atomic E-state index is 12.8. The summed E-state index contributed by atoms with van der Waals surface area (Å²) in [5, 5.41) is 4.39. The van der Waals surface area contributed by atoms with E-state index >= 15 is 0 Å². The Bertz CT molecular complexity index is 1240. The number of nitrogens with zero attached hydrogens (tertiary/aromatic N) is 3. The van der Waals surface area contributed by atoms with Gasteiger partial charge >= 0.3 is 0 Å². The molecule has 0 spiro atoms. The summed E-state index contributed by atoms with van der Waals surface area (Å²) < 4.78 is 12.6. The predicted molar refractivity (Wildman–Crippen MR) is 106 cm³/mol. The number of thiazole rings is 1. The van der Waals surface area contributed by atoms with Crippen molar-refractivity contribution in [1.82, 2.24) is 14.6 Å². The van der Waals surface area contributed by atoms with E-state index in [4.69, 9.17) is 9.47 Å². The number of methoxy groups -OCH3 is 2. The van der Waals surface area contributed by atoms with E-state index in [0.717, 1.165) is 16.7 Å². The van der Waals surface area contributed by atoms with Crippen molar-refractivity contribution in [1.29, 1.82) is 0 Å². The minimum Gasteiger partial charge on any atom is -0.493 e. The average Bonchev–Trinajstić information content (AvgIpc) is 3.21. The minimum absolute atomic E-state index is 0.203. The lowest BCUT2D eigenvalue weighted by atomic mass is 10.1. The zero-order valence-corrected chi connectivity index (χ0v) is 15.9. The van der Waals surface area contributed by atoms with Crippen LogP contribution >= 0.6 is 11.3 Å². The van der Waals surface area contributed by atoms with Gasteiger partial charge in [0.15, 0.2) is 17.3 Å². The van der Waals surface area contributed by atoms with Gasteiger partial charge in [-0.1, -0.05) is 47.2 Å². The van der Waals surface area contributed by atoms with Crippen molar-refractivity contribution in [3.8, 4) is 22.9 Å². The van der Waals surface area contributed by atoms with Crippen LogP contribution < -0.4 is 19.6 Å². The molecule has 0 saturated carbocycles. The zero-order chi connectivity index (χ0) is 19.0. The third kappa shape index (κ3) is 3.06. The second-order valence-corrected chi connectivity index (χ2v) is 7.01. The number of aromatic nitrogens is 3. The molecule has 0 atom stereocenters. The maximum Gasteiger partial charge on any atom is 0.291 e. The quantitative estimate of drug-likeness (QED) is 0.545. The van der Waals surface area contributed by atoms with E-state index in [9.17, 15) is 4.79 Å². The Kier molecular flexibility index (Phi) is 4.37. The molecule has 0 amide bonds. The fourth-order valence-corrected chi connectivity index (χ4v) is 3.81. The van der Waals surface area contributed by atoms with Gasteiger partial charge in [-0.25, -0.2) is 0 Å². The highest BCUT2D eigenvalue weighted by molar-refractivity contribution is 7.15. The number of aryl methyl sites for hydroxylation is 1. The Morgan fingerprint density at radius 2 is 1.93 bits per heavy atom. The van der Waals surface area contributed by atoms with Gasteiger partial charge in [-0.2, -0.15) is 9.50 Å².